The SMILES string of the molecule is c1ccc(-c2nc(-c3cccc4c3c3ccccc3n4-c3ccccc3)nc(-n3c4ccccc4c4ccc5c6ccccc6n(-c6ccc(-c7ccccc7)c(-c7ccccc7)c6)c5c43)n2)cc1. The third kappa shape index (κ3) is 6.09. The Labute approximate surface area is 397 Å². The number of nitrogens with zero attached hydrogens (tertiary/aromatic N) is 6. The average molecular weight is 881 g/mol. The molecule has 0 spiro atoms. The minimum Gasteiger partial charge on any atom is -0.309 e. The summed E-state index contributed by atoms with van der Waals surface area (Å²) in [5.41, 5.74) is 15.1. The molecule has 10 aromatic carbocycles. The van der Waals surface area contributed by atoms with Gasteiger partial charge in [-0.3, -0.25) is 4.57 Å². The maximum Gasteiger partial charge on any atom is 0.238 e. The van der Waals surface area contributed by atoms with Crippen molar-refractivity contribution in [2.24, 2.45) is 0 Å². The quantitative estimate of drug-likeness (QED) is 0.160. The highest BCUT2D eigenvalue weighted by molar-refractivity contribution is 6.24. The number of aromatic nitrogens is 6. The molecule has 6 nitrogen and oxygen atoms in total. The van der Waals surface area contributed by atoms with E-state index in [-0.39, 0.29) is 0 Å². The lowest BCUT2D eigenvalue weighted by molar-refractivity contribution is 0.954. The standard InChI is InChI=1S/C63H40N6/c1-5-20-41(21-6-1)46-37-36-45(40-53(46)42-22-7-2-8-23-42)68-54-32-16-13-28-47(54)49-38-39-50-48-29-14-17-33-55(48)69(60(50)59(49)68)63-65-61(43-24-9-3-10-25-43)64-62(66-63)52-31-19-35-57-58(52)51-30-15-18-34-56(51)67(57)44-26-11-4-12-27-44/h1-40H. The Balaban J connectivity index is 1.09. The number of hydrogen-bond donors (Lipinski definition) is 0. The molecule has 0 unspecified atom stereocenters. The molecule has 69 heavy (non-hydrogen) atoms. The largest absolute Gasteiger partial charge is 0.309 e. The Hall–Kier alpha value is -9.39. The zero-order valence-corrected chi connectivity index (χ0v) is 37.3. The van der Waals surface area contributed by atoms with Gasteiger partial charge in [-0.25, -0.2) is 4.98 Å². The highest BCUT2D eigenvalue weighted by Gasteiger charge is 2.25. The van der Waals surface area contributed by atoms with Crippen LogP contribution in [0.2, 0.25) is 0 Å². The highest BCUT2D eigenvalue weighted by atomic mass is 15.2. The van der Waals surface area contributed by atoms with Crippen LogP contribution in [0.3, 0.4) is 0 Å². The molecule has 0 atom stereocenters. The molecule has 0 aliphatic heterocycles. The summed E-state index contributed by atoms with van der Waals surface area (Å²) in [6, 6.07) is 86.2. The van der Waals surface area contributed by atoms with Crippen LogP contribution < -0.4 is 0 Å². The van der Waals surface area contributed by atoms with Crippen molar-refractivity contribution < 1.29 is 0 Å². The Bertz CT molecular complexity index is 4280. The lowest BCUT2D eigenvalue weighted by atomic mass is 9.94. The van der Waals surface area contributed by atoms with Gasteiger partial charge >= 0.3 is 0 Å². The third-order valence-electron chi connectivity index (χ3n) is 13.7. The van der Waals surface area contributed by atoms with Crippen molar-refractivity contribution in [2.75, 3.05) is 0 Å². The van der Waals surface area contributed by atoms with Crippen LogP contribution in [0.4, 0.5) is 0 Å². The van der Waals surface area contributed by atoms with Crippen molar-refractivity contribution in [1.82, 2.24) is 28.7 Å². The molecule has 0 amide bonds. The Kier molecular flexibility index (Phi) is 8.79. The van der Waals surface area contributed by atoms with Crippen molar-refractivity contribution in [3.8, 4) is 62.4 Å². The monoisotopic (exact) mass is 880 g/mol. The molecule has 0 saturated carbocycles. The number of para-hydroxylation sites is 4. The van der Waals surface area contributed by atoms with E-state index in [4.69, 9.17) is 15.0 Å². The summed E-state index contributed by atoms with van der Waals surface area (Å²) in [5, 5.41) is 6.76. The van der Waals surface area contributed by atoms with Crippen LogP contribution in [0.5, 0.6) is 0 Å². The van der Waals surface area contributed by atoms with E-state index in [0.717, 1.165) is 93.7 Å². The number of hydrogen-bond acceptors (Lipinski definition) is 3. The number of fused-ring (bicyclic) bond motifs is 10. The molecule has 0 bridgehead atoms. The fraction of sp³-hybridized carbons (Fsp3) is 0. The first-order chi connectivity index (χ1) is 34.3. The normalized spacial score (nSPS) is 11.8. The molecule has 0 saturated heterocycles. The van der Waals surface area contributed by atoms with Gasteiger partial charge in [0.25, 0.3) is 0 Å². The van der Waals surface area contributed by atoms with Crippen LogP contribution in [0, 0.1) is 0 Å². The van der Waals surface area contributed by atoms with Gasteiger partial charge in [0.2, 0.25) is 5.95 Å². The molecule has 6 heteroatoms. The average Bonchev–Trinajstić information content (AvgIpc) is 4.08. The van der Waals surface area contributed by atoms with E-state index in [1.54, 1.807) is 0 Å². The fourth-order valence-electron chi connectivity index (χ4n) is 10.7. The first-order valence-corrected chi connectivity index (χ1v) is 23.4. The van der Waals surface area contributed by atoms with Crippen molar-refractivity contribution >= 4 is 65.4 Å². The molecule has 14 aromatic rings. The lowest BCUT2D eigenvalue weighted by Crippen LogP contribution is -2.07. The van der Waals surface area contributed by atoms with Gasteiger partial charge in [0.15, 0.2) is 11.6 Å². The summed E-state index contributed by atoms with van der Waals surface area (Å²) in [6.07, 6.45) is 0. The molecule has 0 aliphatic rings. The van der Waals surface area contributed by atoms with Gasteiger partial charge in [0.1, 0.15) is 0 Å². The van der Waals surface area contributed by atoms with Gasteiger partial charge in [0.05, 0.1) is 33.1 Å². The zero-order chi connectivity index (χ0) is 45.4. The Morgan fingerprint density at radius 3 is 1.41 bits per heavy atom. The summed E-state index contributed by atoms with van der Waals surface area (Å²) in [6.45, 7) is 0. The molecule has 322 valence electrons. The summed E-state index contributed by atoms with van der Waals surface area (Å²) in [5.74, 6) is 1.74. The zero-order valence-electron chi connectivity index (χ0n) is 37.3. The van der Waals surface area contributed by atoms with E-state index in [9.17, 15) is 0 Å². The van der Waals surface area contributed by atoms with Crippen molar-refractivity contribution in [1.29, 1.82) is 0 Å². The van der Waals surface area contributed by atoms with Crippen molar-refractivity contribution in [3.63, 3.8) is 0 Å². The van der Waals surface area contributed by atoms with Crippen LogP contribution in [-0.2, 0) is 0 Å². The second kappa shape index (κ2) is 15.6. The Morgan fingerprint density at radius 1 is 0.261 bits per heavy atom. The molecule has 4 heterocycles. The van der Waals surface area contributed by atoms with Gasteiger partial charge in [-0.2, -0.15) is 9.97 Å². The molecule has 0 aliphatic carbocycles. The first-order valence-electron chi connectivity index (χ1n) is 23.4. The van der Waals surface area contributed by atoms with E-state index in [1.807, 2.05) is 18.2 Å². The van der Waals surface area contributed by atoms with Crippen molar-refractivity contribution in [3.05, 3.63) is 243 Å². The van der Waals surface area contributed by atoms with Crippen molar-refractivity contribution in [2.45, 2.75) is 0 Å². The van der Waals surface area contributed by atoms with Gasteiger partial charge < -0.3 is 9.13 Å². The summed E-state index contributed by atoms with van der Waals surface area (Å²) in [4.78, 5) is 16.4. The number of rotatable bonds is 7. The van der Waals surface area contributed by atoms with Crippen LogP contribution in [0.25, 0.3) is 128 Å². The summed E-state index contributed by atoms with van der Waals surface area (Å²) >= 11 is 0. The fourth-order valence-corrected chi connectivity index (χ4v) is 10.7. The van der Waals surface area contributed by atoms with Crippen LogP contribution in [0.1, 0.15) is 0 Å². The van der Waals surface area contributed by atoms with Crippen LogP contribution in [0.15, 0.2) is 243 Å². The number of benzene rings is 10. The van der Waals surface area contributed by atoms with Gasteiger partial charge in [-0.15, -0.1) is 0 Å². The van der Waals surface area contributed by atoms with E-state index >= 15 is 0 Å². The first kappa shape index (κ1) is 38.8. The predicted molar refractivity (Wildman–Crippen MR) is 285 cm³/mol. The molecule has 14 rings (SSSR count). The Morgan fingerprint density at radius 2 is 0.754 bits per heavy atom. The van der Waals surface area contributed by atoms with E-state index in [0.29, 0.717) is 17.6 Å². The summed E-state index contributed by atoms with van der Waals surface area (Å²) in [7, 11) is 0. The molecule has 4 aromatic heterocycles. The maximum atomic E-state index is 5.60. The molecule has 0 fully saturated rings. The van der Waals surface area contributed by atoms with Gasteiger partial charge in [-0.1, -0.05) is 194 Å². The van der Waals surface area contributed by atoms with E-state index in [2.05, 4.69) is 238 Å². The van der Waals surface area contributed by atoms with Crippen LogP contribution in [-0.4, -0.2) is 28.7 Å². The minimum atomic E-state index is 0.544. The van der Waals surface area contributed by atoms with E-state index < -0.39 is 0 Å². The van der Waals surface area contributed by atoms with E-state index in [1.165, 1.54) is 16.5 Å². The molecular weight excluding hydrogens is 841 g/mol. The topological polar surface area (TPSA) is 53.5 Å². The van der Waals surface area contributed by atoms with Gasteiger partial charge in [0, 0.05) is 54.8 Å². The highest BCUT2D eigenvalue weighted by Crippen LogP contribution is 2.44. The third-order valence-corrected chi connectivity index (χ3v) is 13.7. The second-order valence-electron chi connectivity index (χ2n) is 17.6. The second-order valence-corrected chi connectivity index (χ2v) is 17.6. The summed E-state index contributed by atoms with van der Waals surface area (Å²) < 4.78 is 7.07. The minimum absolute atomic E-state index is 0.544. The predicted octanol–water partition coefficient (Wildman–Crippen LogP) is 15.8. The lowest BCUT2D eigenvalue weighted by Gasteiger charge is -2.16. The molecule has 0 N–H and O–H groups in total. The molecular formula is C63H40N6. The van der Waals surface area contributed by atoms with Crippen LogP contribution >= 0.6 is 0 Å². The smallest absolute Gasteiger partial charge is 0.238 e. The van der Waals surface area contributed by atoms with Gasteiger partial charge in [-0.05, 0) is 70.8 Å². The molecule has 0 radical (unpaired) electrons. The maximum absolute atomic E-state index is 5.60.